The first-order valence-corrected chi connectivity index (χ1v) is 9.05. The summed E-state index contributed by atoms with van der Waals surface area (Å²) in [4.78, 5) is 29.9. The Morgan fingerprint density at radius 2 is 2.07 bits per heavy atom. The number of hydrogen-bond donors (Lipinski definition) is 1. The van der Waals surface area contributed by atoms with Crippen LogP contribution in [0.2, 0.25) is 0 Å². The van der Waals surface area contributed by atoms with E-state index >= 15 is 0 Å². The average Bonchev–Trinajstić information content (AvgIpc) is 2.92. The third-order valence-corrected chi connectivity index (χ3v) is 4.75. The van der Waals surface area contributed by atoms with Gasteiger partial charge in [0.1, 0.15) is 5.65 Å². The highest BCUT2D eigenvalue weighted by Crippen LogP contribution is 2.16. The Balaban J connectivity index is 1.52. The summed E-state index contributed by atoms with van der Waals surface area (Å²) in [7, 11) is 0. The molecule has 0 aromatic carbocycles. The molecule has 0 bridgehead atoms. The van der Waals surface area contributed by atoms with Crippen molar-refractivity contribution in [3.8, 4) is 0 Å². The van der Waals surface area contributed by atoms with E-state index in [2.05, 4.69) is 15.0 Å². The van der Waals surface area contributed by atoms with Crippen LogP contribution in [-0.4, -0.2) is 41.7 Å². The van der Waals surface area contributed by atoms with E-state index in [1.54, 1.807) is 12.3 Å². The smallest absolute Gasteiger partial charge is 0.303 e. The Hall–Kier alpha value is -3.00. The normalized spacial score (nSPS) is 14.8. The number of aryl methyl sites for hydroxylation is 2. The Morgan fingerprint density at radius 1 is 1.19 bits per heavy atom. The molecule has 0 spiro atoms. The molecular weight excluding hydrogens is 346 g/mol. The Labute approximate surface area is 155 Å². The maximum absolute atomic E-state index is 12.3. The lowest BCUT2D eigenvalue weighted by molar-refractivity contribution is -0.136. The van der Waals surface area contributed by atoms with Crippen molar-refractivity contribution in [2.45, 2.75) is 38.9 Å². The molecule has 0 saturated carbocycles. The van der Waals surface area contributed by atoms with Crippen molar-refractivity contribution in [1.82, 2.24) is 24.1 Å². The van der Waals surface area contributed by atoms with Gasteiger partial charge in [-0.3, -0.25) is 23.6 Å². The summed E-state index contributed by atoms with van der Waals surface area (Å²) in [6.07, 6.45) is 3.20. The fraction of sp³-hybridized carbons (Fsp3) is 0.368. The average molecular weight is 367 g/mol. The lowest BCUT2D eigenvalue weighted by atomic mass is 10.2. The fourth-order valence-corrected chi connectivity index (χ4v) is 3.49. The van der Waals surface area contributed by atoms with Crippen molar-refractivity contribution >= 4 is 11.6 Å². The zero-order valence-corrected chi connectivity index (χ0v) is 14.9. The summed E-state index contributed by atoms with van der Waals surface area (Å²) >= 11 is 0. The molecule has 1 N–H and O–H groups in total. The summed E-state index contributed by atoms with van der Waals surface area (Å²) in [5.41, 5.74) is 3.22. The Kier molecular flexibility index (Phi) is 4.72. The lowest BCUT2D eigenvalue weighted by Gasteiger charge is -2.19. The van der Waals surface area contributed by atoms with Gasteiger partial charge in [-0.1, -0.05) is 6.07 Å². The zero-order chi connectivity index (χ0) is 18.8. The van der Waals surface area contributed by atoms with Crippen LogP contribution in [0, 0.1) is 0 Å². The predicted octanol–water partition coefficient (Wildman–Crippen LogP) is 1.31. The molecular formula is C19H21N5O3. The molecule has 0 fully saturated rings. The van der Waals surface area contributed by atoms with Crippen LogP contribution in [0.1, 0.15) is 29.9 Å². The minimum atomic E-state index is -0.812. The van der Waals surface area contributed by atoms with E-state index in [4.69, 9.17) is 5.11 Å². The number of pyridine rings is 1. The molecule has 0 atom stereocenters. The van der Waals surface area contributed by atoms with Gasteiger partial charge in [-0.05, 0) is 24.6 Å². The van der Waals surface area contributed by atoms with Gasteiger partial charge in [-0.2, -0.15) is 5.10 Å². The molecule has 8 nitrogen and oxygen atoms in total. The van der Waals surface area contributed by atoms with E-state index in [0.717, 1.165) is 36.6 Å². The van der Waals surface area contributed by atoms with Crippen LogP contribution in [0.4, 0.5) is 0 Å². The predicted molar refractivity (Wildman–Crippen MR) is 98.4 cm³/mol. The quantitative estimate of drug-likeness (QED) is 0.731. The van der Waals surface area contributed by atoms with Gasteiger partial charge in [0, 0.05) is 44.9 Å². The van der Waals surface area contributed by atoms with Crippen LogP contribution < -0.4 is 5.56 Å². The van der Waals surface area contributed by atoms with Gasteiger partial charge in [-0.15, -0.1) is 0 Å². The molecule has 27 heavy (non-hydrogen) atoms. The van der Waals surface area contributed by atoms with Crippen LogP contribution in [0.5, 0.6) is 0 Å². The first-order valence-electron chi connectivity index (χ1n) is 9.05. The summed E-state index contributed by atoms with van der Waals surface area (Å²) < 4.78 is 3.51. The van der Waals surface area contributed by atoms with Gasteiger partial charge in [0.25, 0.3) is 5.56 Å². The van der Waals surface area contributed by atoms with Crippen molar-refractivity contribution in [2.75, 3.05) is 6.54 Å². The van der Waals surface area contributed by atoms with Crippen LogP contribution >= 0.6 is 0 Å². The summed E-state index contributed by atoms with van der Waals surface area (Å²) in [6, 6.07) is 9.09. The van der Waals surface area contributed by atoms with Gasteiger partial charge < -0.3 is 5.11 Å². The number of fused-ring (bicyclic) bond motifs is 2. The van der Waals surface area contributed by atoms with Crippen molar-refractivity contribution in [3.63, 3.8) is 0 Å². The van der Waals surface area contributed by atoms with Gasteiger partial charge in [-0.25, -0.2) is 4.98 Å². The minimum Gasteiger partial charge on any atom is -0.481 e. The molecule has 0 radical (unpaired) electrons. The van der Waals surface area contributed by atoms with Crippen LogP contribution in [-0.2, 0) is 30.8 Å². The van der Waals surface area contributed by atoms with E-state index in [0.29, 0.717) is 25.2 Å². The standard InChI is InChI=1S/C19H21N5O3/c25-18-11-15(20-17-4-1-2-8-23(17)18)12-22-7-3-9-24-16(13-22)10-14(21-24)5-6-19(26)27/h1-2,4,8,10-11H,3,5-7,9,12-13H2,(H,26,27). The molecule has 1 aliphatic heterocycles. The van der Waals surface area contributed by atoms with Crippen LogP contribution in [0.3, 0.4) is 0 Å². The maximum Gasteiger partial charge on any atom is 0.303 e. The first-order chi connectivity index (χ1) is 13.1. The lowest BCUT2D eigenvalue weighted by Crippen LogP contribution is -2.25. The number of carboxylic acid groups (broad SMARTS) is 1. The van der Waals surface area contributed by atoms with E-state index in [1.807, 2.05) is 28.9 Å². The Bertz CT molecular complexity index is 1040. The number of rotatable bonds is 5. The number of nitrogens with zero attached hydrogens (tertiary/aromatic N) is 5. The first kappa shape index (κ1) is 17.4. The molecule has 0 amide bonds. The topological polar surface area (TPSA) is 92.7 Å². The fourth-order valence-electron chi connectivity index (χ4n) is 3.49. The monoisotopic (exact) mass is 367 g/mol. The Morgan fingerprint density at radius 3 is 2.93 bits per heavy atom. The third kappa shape index (κ3) is 3.90. The van der Waals surface area contributed by atoms with Crippen molar-refractivity contribution < 1.29 is 9.90 Å². The van der Waals surface area contributed by atoms with E-state index in [9.17, 15) is 9.59 Å². The molecule has 1 aliphatic rings. The van der Waals surface area contributed by atoms with Crippen LogP contribution in [0.15, 0.2) is 41.3 Å². The minimum absolute atomic E-state index is 0.0774. The molecule has 0 saturated heterocycles. The molecule has 4 rings (SSSR count). The number of aromatic nitrogens is 4. The van der Waals surface area contributed by atoms with Crippen LogP contribution in [0.25, 0.3) is 5.65 Å². The summed E-state index contributed by atoms with van der Waals surface area (Å²) in [5.74, 6) is -0.812. The highest BCUT2D eigenvalue weighted by Gasteiger charge is 2.18. The van der Waals surface area contributed by atoms with Gasteiger partial charge in [0.15, 0.2) is 0 Å². The second kappa shape index (κ2) is 7.32. The van der Waals surface area contributed by atoms with Crippen molar-refractivity contribution in [3.05, 3.63) is 64.0 Å². The van der Waals surface area contributed by atoms with E-state index < -0.39 is 5.97 Å². The SMILES string of the molecule is O=C(O)CCc1cc2n(n1)CCCN(Cc1cc(=O)n3ccccc3n1)C2. The molecule has 140 valence electrons. The van der Waals surface area contributed by atoms with Gasteiger partial charge in [0.2, 0.25) is 0 Å². The number of carbonyl (C=O) groups is 1. The number of hydrogen-bond acceptors (Lipinski definition) is 5. The molecule has 3 aromatic rings. The maximum atomic E-state index is 12.3. The molecule has 0 aliphatic carbocycles. The molecule has 8 heteroatoms. The number of aliphatic carboxylic acids is 1. The summed E-state index contributed by atoms with van der Waals surface area (Å²) in [5, 5.41) is 13.4. The largest absolute Gasteiger partial charge is 0.481 e. The van der Waals surface area contributed by atoms with Crippen molar-refractivity contribution in [2.24, 2.45) is 0 Å². The molecule has 0 unspecified atom stereocenters. The third-order valence-electron chi connectivity index (χ3n) is 4.75. The van der Waals surface area contributed by atoms with Gasteiger partial charge in [0.05, 0.1) is 23.5 Å². The van der Waals surface area contributed by atoms with E-state index in [1.165, 1.54) is 4.40 Å². The van der Waals surface area contributed by atoms with Gasteiger partial charge >= 0.3 is 5.97 Å². The highest BCUT2D eigenvalue weighted by molar-refractivity contribution is 5.66. The number of carboxylic acids is 1. The molecule has 3 aromatic heterocycles. The molecule has 4 heterocycles. The van der Waals surface area contributed by atoms with Crippen molar-refractivity contribution in [1.29, 1.82) is 0 Å². The second-order valence-electron chi connectivity index (χ2n) is 6.82. The zero-order valence-electron chi connectivity index (χ0n) is 14.9. The second-order valence-corrected chi connectivity index (χ2v) is 6.82. The highest BCUT2D eigenvalue weighted by atomic mass is 16.4. The summed E-state index contributed by atoms with van der Waals surface area (Å²) in [6.45, 7) is 3.00. The van der Waals surface area contributed by atoms with E-state index in [-0.39, 0.29) is 12.0 Å².